The van der Waals surface area contributed by atoms with E-state index in [0.29, 0.717) is 19.1 Å². The van der Waals surface area contributed by atoms with Gasteiger partial charge in [-0.25, -0.2) is 0 Å². The van der Waals surface area contributed by atoms with E-state index >= 15 is 0 Å². The van der Waals surface area contributed by atoms with Gasteiger partial charge in [0.15, 0.2) is 0 Å². The molecular weight excluding hydrogens is 160 g/mol. The largest absolute Gasteiger partial charge is 0.469 e. The maximum atomic E-state index is 10.6. The molecule has 0 aromatic rings. The van der Waals surface area contributed by atoms with Crippen LogP contribution in [0.4, 0.5) is 0 Å². The molecule has 4 heteroatoms. The first-order chi connectivity index (χ1) is 5.20. The van der Waals surface area contributed by atoms with Crippen molar-refractivity contribution in [3.63, 3.8) is 0 Å². The van der Waals surface area contributed by atoms with E-state index in [-0.39, 0.29) is 5.97 Å². The Morgan fingerprint density at radius 2 is 2.27 bits per heavy atom. The van der Waals surface area contributed by atoms with Crippen molar-refractivity contribution in [1.29, 1.82) is 0 Å². The lowest BCUT2D eigenvalue weighted by atomic mass is 10.4. The van der Waals surface area contributed by atoms with Crippen molar-refractivity contribution in [3.05, 3.63) is 0 Å². The van der Waals surface area contributed by atoms with Crippen LogP contribution in [0.25, 0.3) is 0 Å². The van der Waals surface area contributed by atoms with Crippen molar-refractivity contribution >= 4 is 16.2 Å². The van der Waals surface area contributed by atoms with Gasteiger partial charge >= 0.3 is 5.97 Å². The zero-order valence-corrected chi connectivity index (χ0v) is 9.42. The van der Waals surface area contributed by atoms with Gasteiger partial charge in [-0.1, -0.05) is 0 Å². The van der Waals surface area contributed by atoms with Gasteiger partial charge in [-0.3, -0.25) is 4.79 Å². The summed E-state index contributed by atoms with van der Waals surface area (Å²) in [6.07, 6.45) is 0.661. The first-order valence-corrected chi connectivity index (χ1v) is 5.30. The fourth-order valence-electron chi connectivity index (χ4n) is 0.563. The molecule has 0 bridgehead atoms. The normalized spacial score (nSPS) is 12.9. The van der Waals surface area contributed by atoms with E-state index in [4.69, 9.17) is 4.74 Å². The number of ether oxygens (including phenoxy) is 2. The van der Waals surface area contributed by atoms with E-state index in [1.165, 1.54) is 7.11 Å². The zero-order valence-electron chi connectivity index (χ0n) is 7.42. The summed E-state index contributed by atoms with van der Waals surface area (Å²) >= 11 is 0. The highest BCUT2D eigenvalue weighted by Gasteiger charge is 2.02. The highest BCUT2D eigenvalue weighted by Crippen LogP contribution is 1.96. The molecule has 0 radical (unpaired) electrons. The summed E-state index contributed by atoms with van der Waals surface area (Å²) < 4.78 is 9.75. The maximum absolute atomic E-state index is 10.6. The fourth-order valence-corrected chi connectivity index (χ4v) is 0.799. The Balaban J connectivity index is 3.20. The Bertz CT molecular complexity index is 116. The molecule has 11 heavy (non-hydrogen) atoms. The Hall–Kier alpha value is -0.353. The Morgan fingerprint density at radius 1 is 1.64 bits per heavy atom. The van der Waals surface area contributed by atoms with Gasteiger partial charge in [0, 0.05) is 10.2 Å². The summed E-state index contributed by atoms with van der Waals surface area (Å²) in [6, 6.07) is 1.11. The van der Waals surface area contributed by atoms with E-state index in [0.717, 1.165) is 16.3 Å². The fraction of sp³-hybridized carbons (Fsp3) is 0.857. The number of carbonyl (C=O) groups is 1. The number of methoxy groups -OCH3 is 1. The number of hydrogen-bond acceptors (Lipinski definition) is 3. The number of hydrogen-bond donors (Lipinski definition) is 0. The quantitative estimate of drug-likeness (QED) is 0.427. The molecule has 0 aliphatic rings. The average Bonchev–Trinajstić information content (AvgIpc) is 2.04. The smallest absolute Gasteiger partial charge is 0.307 e. The summed E-state index contributed by atoms with van der Waals surface area (Å²) in [4.78, 5) is 10.6. The Labute approximate surface area is 70.5 Å². The highest BCUT2D eigenvalue weighted by molar-refractivity contribution is 6.08. The van der Waals surface area contributed by atoms with Crippen LogP contribution in [-0.4, -0.2) is 36.0 Å². The standard InChI is InChI=1S/C7H16O3Si/c1-6(5-11)10-4-3-7(8)9-2/h6H,3-5H2,1-2,11H3. The minimum absolute atomic E-state index is 0.203. The van der Waals surface area contributed by atoms with Crippen LogP contribution in [0, 0.1) is 0 Å². The summed E-state index contributed by atoms with van der Waals surface area (Å²) in [6.45, 7) is 2.50. The van der Waals surface area contributed by atoms with Gasteiger partial charge in [-0.2, -0.15) is 0 Å². The maximum Gasteiger partial charge on any atom is 0.307 e. The van der Waals surface area contributed by atoms with Gasteiger partial charge < -0.3 is 9.47 Å². The molecule has 0 spiro atoms. The summed E-state index contributed by atoms with van der Waals surface area (Å²) in [5.41, 5.74) is 0. The topological polar surface area (TPSA) is 35.5 Å². The summed E-state index contributed by atoms with van der Waals surface area (Å²) in [5, 5.41) is 0. The molecule has 0 N–H and O–H groups in total. The van der Waals surface area contributed by atoms with Crippen molar-refractivity contribution in [1.82, 2.24) is 0 Å². The van der Waals surface area contributed by atoms with Crippen molar-refractivity contribution in [3.8, 4) is 0 Å². The van der Waals surface area contributed by atoms with Crippen LogP contribution >= 0.6 is 0 Å². The second-order valence-corrected chi connectivity index (χ2v) is 3.23. The van der Waals surface area contributed by atoms with E-state index in [1.807, 2.05) is 6.92 Å². The molecule has 0 aliphatic heterocycles. The Kier molecular flexibility index (Phi) is 6.16. The minimum Gasteiger partial charge on any atom is -0.469 e. The van der Waals surface area contributed by atoms with Crippen molar-refractivity contribution in [2.45, 2.75) is 25.5 Å². The molecule has 0 saturated heterocycles. The SMILES string of the molecule is COC(=O)CCOC(C)C[SiH3]. The molecule has 0 saturated carbocycles. The molecule has 1 unspecified atom stereocenters. The van der Waals surface area contributed by atoms with Crippen LogP contribution in [0.15, 0.2) is 0 Å². The molecular formula is C7H16O3Si. The van der Waals surface area contributed by atoms with E-state index in [9.17, 15) is 4.79 Å². The lowest BCUT2D eigenvalue weighted by Gasteiger charge is -2.08. The third-order valence-electron chi connectivity index (χ3n) is 1.51. The first kappa shape index (κ1) is 10.6. The molecule has 0 fully saturated rings. The van der Waals surface area contributed by atoms with Crippen LogP contribution in [0.1, 0.15) is 13.3 Å². The molecule has 0 rings (SSSR count). The predicted molar refractivity (Wildman–Crippen MR) is 46.8 cm³/mol. The minimum atomic E-state index is -0.203. The van der Waals surface area contributed by atoms with Crippen molar-refractivity contribution in [2.24, 2.45) is 0 Å². The van der Waals surface area contributed by atoms with Gasteiger partial charge in [0.2, 0.25) is 0 Å². The van der Waals surface area contributed by atoms with Crippen LogP contribution in [0.5, 0.6) is 0 Å². The molecule has 66 valence electrons. The summed E-state index contributed by atoms with van der Waals surface area (Å²) in [5.74, 6) is -0.203. The third-order valence-corrected chi connectivity index (χ3v) is 2.66. The Morgan fingerprint density at radius 3 is 2.73 bits per heavy atom. The lowest BCUT2D eigenvalue weighted by Crippen LogP contribution is -2.12. The van der Waals surface area contributed by atoms with Crippen molar-refractivity contribution in [2.75, 3.05) is 13.7 Å². The molecule has 0 heterocycles. The highest BCUT2D eigenvalue weighted by atomic mass is 28.1. The van der Waals surface area contributed by atoms with Gasteiger partial charge in [-0.05, 0) is 13.0 Å². The lowest BCUT2D eigenvalue weighted by molar-refractivity contribution is -0.142. The monoisotopic (exact) mass is 176 g/mol. The molecule has 0 amide bonds. The van der Waals surface area contributed by atoms with Crippen LogP contribution in [0.3, 0.4) is 0 Å². The average molecular weight is 176 g/mol. The van der Waals surface area contributed by atoms with E-state index < -0.39 is 0 Å². The molecule has 1 atom stereocenters. The molecule has 0 aromatic heterocycles. The zero-order chi connectivity index (χ0) is 8.69. The van der Waals surface area contributed by atoms with Crippen LogP contribution in [-0.2, 0) is 14.3 Å². The molecule has 0 aromatic carbocycles. The van der Waals surface area contributed by atoms with Crippen LogP contribution < -0.4 is 0 Å². The third kappa shape index (κ3) is 6.06. The molecule has 0 aliphatic carbocycles. The number of rotatable bonds is 5. The van der Waals surface area contributed by atoms with E-state index in [2.05, 4.69) is 4.74 Å². The predicted octanol–water partition coefficient (Wildman–Crippen LogP) is -0.262. The number of esters is 1. The van der Waals surface area contributed by atoms with Gasteiger partial charge in [0.05, 0.1) is 26.2 Å². The second-order valence-electron chi connectivity index (χ2n) is 2.42. The second kappa shape index (κ2) is 6.36. The molecule has 3 nitrogen and oxygen atoms in total. The van der Waals surface area contributed by atoms with Gasteiger partial charge in [0.1, 0.15) is 0 Å². The summed E-state index contributed by atoms with van der Waals surface area (Å²) in [7, 11) is 2.53. The van der Waals surface area contributed by atoms with Gasteiger partial charge in [0.25, 0.3) is 0 Å². The first-order valence-electron chi connectivity index (χ1n) is 3.89. The van der Waals surface area contributed by atoms with E-state index in [1.54, 1.807) is 0 Å². The van der Waals surface area contributed by atoms with Gasteiger partial charge in [-0.15, -0.1) is 0 Å². The number of carbonyl (C=O) groups excluding carboxylic acids is 1. The van der Waals surface area contributed by atoms with Crippen LogP contribution in [0.2, 0.25) is 6.04 Å². The van der Waals surface area contributed by atoms with Crippen molar-refractivity contribution < 1.29 is 14.3 Å².